The molecule has 2 rings (SSSR count). The van der Waals surface area contributed by atoms with E-state index >= 15 is 0 Å². The normalized spacial score (nSPS) is 15.6. The molecule has 1 saturated heterocycles. The molecule has 1 aliphatic rings. The van der Waals surface area contributed by atoms with Crippen LogP contribution in [-0.4, -0.2) is 23.9 Å². The summed E-state index contributed by atoms with van der Waals surface area (Å²) in [4.78, 5) is 13.7. The number of benzene rings is 1. The number of rotatable bonds is 1. The van der Waals surface area contributed by atoms with Gasteiger partial charge in [0.05, 0.1) is 10.6 Å². The number of carbonyl (C=O) groups excluding carboxylic acids is 1. The number of likely N-dealkylation sites (tertiary alicyclic amines) is 1. The molecule has 1 fully saturated rings. The van der Waals surface area contributed by atoms with Gasteiger partial charge in [0.1, 0.15) is 5.82 Å². The number of carbonyl (C=O) groups is 1. The summed E-state index contributed by atoms with van der Waals surface area (Å²) in [6.45, 7) is 1.36. The summed E-state index contributed by atoms with van der Waals surface area (Å²) in [5, 5.41) is 0.150. The molecule has 0 N–H and O–H groups in total. The topological polar surface area (TPSA) is 20.3 Å². The lowest BCUT2D eigenvalue weighted by Gasteiger charge is -2.16. The molecule has 1 aromatic carbocycles. The summed E-state index contributed by atoms with van der Waals surface area (Å²) in [5.41, 5.74) is -0.0297. The van der Waals surface area contributed by atoms with Crippen molar-refractivity contribution in [1.82, 2.24) is 4.90 Å². The minimum absolute atomic E-state index is 0.0297. The molecule has 0 unspecified atom stereocenters. The molecular formula is C11H10BrClFNO. The molecule has 1 amide bonds. The van der Waals surface area contributed by atoms with Gasteiger partial charge in [-0.3, -0.25) is 4.79 Å². The molecule has 0 spiro atoms. The Labute approximate surface area is 107 Å². The van der Waals surface area contributed by atoms with Crippen LogP contribution in [0.2, 0.25) is 5.02 Å². The van der Waals surface area contributed by atoms with Crippen molar-refractivity contribution in [3.8, 4) is 0 Å². The molecule has 16 heavy (non-hydrogen) atoms. The molecule has 1 aromatic rings. The highest BCUT2D eigenvalue weighted by atomic mass is 79.9. The number of halogens is 3. The summed E-state index contributed by atoms with van der Waals surface area (Å²) in [5.74, 6) is -0.883. The summed E-state index contributed by atoms with van der Waals surface area (Å²) >= 11 is 9.13. The Morgan fingerprint density at radius 1 is 1.38 bits per heavy atom. The second kappa shape index (κ2) is 4.72. The van der Waals surface area contributed by atoms with Gasteiger partial charge in [0.2, 0.25) is 0 Å². The van der Waals surface area contributed by atoms with Gasteiger partial charge in [-0.1, -0.05) is 11.6 Å². The van der Waals surface area contributed by atoms with Crippen molar-refractivity contribution in [2.75, 3.05) is 13.1 Å². The molecule has 1 heterocycles. The largest absolute Gasteiger partial charge is 0.339 e. The standard InChI is InChI=1S/C11H10BrClFNO/c12-7-3-4-8(14)9(10(7)13)11(16)15-5-1-2-6-15/h3-4H,1-2,5-6H2. The minimum atomic E-state index is -0.565. The van der Waals surface area contributed by atoms with Crippen LogP contribution in [0.5, 0.6) is 0 Å². The lowest BCUT2D eigenvalue weighted by molar-refractivity contribution is 0.0788. The smallest absolute Gasteiger partial charge is 0.258 e. The van der Waals surface area contributed by atoms with Crippen molar-refractivity contribution in [3.05, 3.63) is 33.0 Å². The van der Waals surface area contributed by atoms with Gasteiger partial charge in [0.25, 0.3) is 5.91 Å². The Hall–Kier alpha value is -0.610. The van der Waals surface area contributed by atoms with Crippen molar-refractivity contribution >= 4 is 33.4 Å². The van der Waals surface area contributed by atoms with Crippen molar-refractivity contribution in [2.45, 2.75) is 12.8 Å². The molecular weight excluding hydrogens is 296 g/mol. The fraction of sp³-hybridized carbons (Fsp3) is 0.364. The molecule has 2 nitrogen and oxygen atoms in total. The lowest BCUT2D eigenvalue weighted by atomic mass is 10.2. The van der Waals surface area contributed by atoms with Gasteiger partial charge < -0.3 is 4.90 Å². The van der Waals surface area contributed by atoms with Crippen LogP contribution < -0.4 is 0 Å². The fourth-order valence-corrected chi connectivity index (χ4v) is 2.37. The van der Waals surface area contributed by atoms with E-state index in [4.69, 9.17) is 11.6 Å². The van der Waals surface area contributed by atoms with E-state index in [0.29, 0.717) is 17.6 Å². The number of hydrogen-bond acceptors (Lipinski definition) is 1. The van der Waals surface area contributed by atoms with Crippen LogP contribution in [0.15, 0.2) is 16.6 Å². The van der Waals surface area contributed by atoms with E-state index in [2.05, 4.69) is 15.9 Å². The van der Waals surface area contributed by atoms with Crippen molar-refractivity contribution in [2.24, 2.45) is 0 Å². The zero-order chi connectivity index (χ0) is 11.7. The van der Waals surface area contributed by atoms with Crippen LogP contribution in [0.25, 0.3) is 0 Å². The molecule has 0 saturated carbocycles. The van der Waals surface area contributed by atoms with Crippen molar-refractivity contribution in [1.29, 1.82) is 0 Å². The van der Waals surface area contributed by atoms with Gasteiger partial charge in [0, 0.05) is 17.6 Å². The van der Waals surface area contributed by atoms with E-state index < -0.39 is 5.82 Å². The molecule has 1 aliphatic heterocycles. The van der Waals surface area contributed by atoms with Crippen LogP contribution in [-0.2, 0) is 0 Å². The van der Waals surface area contributed by atoms with E-state index in [1.54, 1.807) is 4.90 Å². The highest BCUT2D eigenvalue weighted by Gasteiger charge is 2.25. The van der Waals surface area contributed by atoms with Crippen LogP contribution in [0.1, 0.15) is 23.2 Å². The highest BCUT2D eigenvalue weighted by molar-refractivity contribution is 9.10. The molecule has 86 valence electrons. The van der Waals surface area contributed by atoms with Crippen molar-refractivity contribution < 1.29 is 9.18 Å². The first-order valence-corrected chi connectivity index (χ1v) is 6.21. The average molecular weight is 307 g/mol. The third kappa shape index (κ3) is 2.09. The SMILES string of the molecule is O=C(c1c(F)ccc(Br)c1Cl)N1CCCC1. The Balaban J connectivity index is 2.39. The van der Waals surface area contributed by atoms with Gasteiger partial charge in [-0.25, -0.2) is 4.39 Å². The second-order valence-electron chi connectivity index (χ2n) is 3.72. The molecule has 5 heteroatoms. The predicted molar refractivity (Wildman–Crippen MR) is 64.2 cm³/mol. The molecule has 0 atom stereocenters. The Morgan fingerprint density at radius 2 is 2.00 bits per heavy atom. The second-order valence-corrected chi connectivity index (χ2v) is 4.95. The molecule has 0 bridgehead atoms. The zero-order valence-electron chi connectivity index (χ0n) is 8.47. The number of amides is 1. The molecule has 0 aliphatic carbocycles. The highest BCUT2D eigenvalue weighted by Crippen LogP contribution is 2.29. The van der Waals surface area contributed by atoms with Crippen LogP contribution in [0.3, 0.4) is 0 Å². The number of hydrogen-bond donors (Lipinski definition) is 0. The number of nitrogens with zero attached hydrogens (tertiary/aromatic N) is 1. The van der Waals surface area contributed by atoms with Gasteiger partial charge >= 0.3 is 0 Å². The average Bonchev–Trinajstić information content (AvgIpc) is 2.77. The van der Waals surface area contributed by atoms with Crippen LogP contribution in [0.4, 0.5) is 4.39 Å². The Morgan fingerprint density at radius 3 is 2.62 bits per heavy atom. The van der Waals surface area contributed by atoms with Gasteiger partial charge in [-0.15, -0.1) is 0 Å². The van der Waals surface area contributed by atoms with Crippen LogP contribution in [0, 0.1) is 5.82 Å². The summed E-state index contributed by atoms with van der Waals surface area (Å²) < 4.78 is 14.1. The van der Waals surface area contributed by atoms with Gasteiger partial charge in [-0.2, -0.15) is 0 Å². The third-order valence-electron chi connectivity index (χ3n) is 2.65. The summed E-state index contributed by atoms with van der Waals surface area (Å²) in [7, 11) is 0. The Kier molecular flexibility index (Phi) is 3.50. The van der Waals surface area contributed by atoms with E-state index in [1.165, 1.54) is 12.1 Å². The predicted octanol–water partition coefficient (Wildman–Crippen LogP) is 3.48. The van der Waals surface area contributed by atoms with Crippen LogP contribution >= 0.6 is 27.5 Å². The lowest BCUT2D eigenvalue weighted by Crippen LogP contribution is -2.28. The molecule has 0 aromatic heterocycles. The first kappa shape index (κ1) is 11.9. The quantitative estimate of drug-likeness (QED) is 0.728. The maximum absolute atomic E-state index is 13.6. The minimum Gasteiger partial charge on any atom is -0.339 e. The van der Waals surface area contributed by atoms with Gasteiger partial charge in [0.15, 0.2) is 0 Å². The van der Waals surface area contributed by atoms with Gasteiger partial charge in [-0.05, 0) is 40.9 Å². The van der Waals surface area contributed by atoms with E-state index in [1.807, 2.05) is 0 Å². The first-order valence-electron chi connectivity index (χ1n) is 5.04. The maximum Gasteiger partial charge on any atom is 0.258 e. The maximum atomic E-state index is 13.6. The molecule has 0 radical (unpaired) electrons. The zero-order valence-corrected chi connectivity index (χ0v) is 10.8. The summed E-state index contributed by atoms with van der Waals surface area (Å²) in [6, 6.07) is 2.75. The van der Waals surface area contributed by atoms with E-state index in [-0.39, 0.29) is 16.5 Å². The van der Waals surface area contributed by atoms with E-state index in [0.717, 1.165) is 12.8 Å². The monoisotopic (exact) mass is 305 g/mol. The first-order chi connectivity index (χ1) is 7.61. The van der Waals surface area contributed by atoms with E-state index in [9.17, 15) is 9.18 Å². The van der Waals surface area contributed by atoms with Crippen molar-refractivity contribution in [3.63, 3.8) is 0 Å². The summed E-state index contributed by atoms with van der Waals surface area (Å²) in [6.07, 6.45) is 1.94. The Bertz CT molecular complexity index is 432. The fourth-order valence-electron chi connectivity index (χ4n) is 1.80. The third-order valence-corrected chi connectivity index (χ3v) is 3.93.